The Morgan fingerprint density at radius 1 is 1.40 bits per heavy atom. The zero-order valence-electron chi connectivity index (χ0n) is 15.0. The molecule has 25 heavy (non-hydrogen) atoms. The monoisotopic (exact) mass is 350 g/mol. The van der Waals surface area contributed by atoms with Gasteiger partial charge in [0.2, 0.25) is 0 Å². The third-order valence-corrected chi connectivity index (χ3v) is 4.64. The Labute approximate surface area is 149 Å². The second kappa shape index (κ2) is 10.4. The topological polar surface area (TPSA) is 90.8 Å². The maximum atomic E-state index is 12.1. The molecule has 1 amide bonds. The predicted molar refractivity (Wildman–Crippen MR) is 96.9 cm³/mol. The Bertz CT molecular complexity index is 544. The maximum absolute atomic E-state index is 12.1. The Kier molecular flexibility index (Phi) is 8.18. The van der Waals surface area contributed by atoms with E-state index >= 15 is 0 Å². The van der Waals surface area contributed by atoms with Gasteiger partial charge in [-0.25, -0.2) is 0 Å². The molecular weight excluding hydrogens is 320 g/mol. The number of aliphatic hydroxyl groups excluding tert-OH is 2. The molecule has 0 spiro atoms. The van der Waals surface area contributed by atoms with Gasteiger partial charge in [-0.3, -0.25) is 4.79 Å². The molecule has 1 aliphatic rings. The van der Waals surface area contributed by atoms with Crippen molar-refractivity contribution >= 4 is 5.91 Å². The van der Waals surface area contributed by atoms with E-state index in [0.717, 1.165) is 36.7 Å². The maximum Gasteiger partial charge on any atom is 0.251 e. The van der Waals surface area contributed by atoms with Crippen LogP contribution >= 0.6 is 0 Å². The molecule has 1 aromatic carbocycles. The number of piperidine rings is 1. The van der Waals surface area contributed by atoms with Crippen LogP contribution in [0.3, 0.4) is 0 Å². The highest BCUT2D eigenvalue weighted by Crippen LogP contribution is 2.20. The first-order chi connectivity index (χ1) is 12.1. The third-order valence-electron chi connectivity index (χ3n) is 4.64. The summed E-state index contributed by atoms with van der Waals surface area (Å²) in [6.45, 7) is 4.47. The van der Waals surface area contributed by atoms with Gasteiger partial charge < -0.3 is 25.6 Å². The van der Waals surface area contributed by atoms with E-state index in [1.807, 2.05) is 13.0 Å². The summed E-state index contributed by atoms with van der Waals surface area (Å²) in [4.78, 5) is 12.1. The number of rotatable bonds is 9. The van der Waals surface area contributed by atoms with Crippen molar-refractivity contribution in [2.75, 3.05) is 32.8 Å². The summed E-state index contributed by atoms with van der Waals surface area (Å²) in [7, 11) is 0. The number of hydrogen-bond donors (Lipinski definition) is 4. The average Bonchev–Trinajstić information content (AvgIpc) is 2.64. The quantitative estimate of drug-likeness (QED) is 0.503. The fourth-order valence-corrected chi connectivity index (χ4v) is 3.08. The second-order valence-electron chi connectivity index (χ2n) is 6.71. The van der Waals surface area contributed by atoms with Crippen molar-refractivity contribution in [3.63, 3.8) is 0 Å². The Balaban J connectivity index is 1.75. The molecule has 6 nitrogen and oxygen atoms in total. The summed E-state index contributed by atoms with van der Waals surface area (Å²) in [5, 5.41) is 24.1. The lowest BCUT2D eigenvalue weighted by Crippen LogP contribution is -2.34. The zero-order chi connectivity index (χ0) is 18.1. The van der Waals surface area contributed by atoms with Gasteiger partial charge in [0.25, 0.3) is 5.91 Å². The van der Waals surface area contributed by atoms with Crippen molar-refractivity contribution in [3.8, 4) is 5.75 Å². The van der Waals surface area contributed by atoms with Crippen LogP contribution in [0.4, 0.5) is 0 Å². The summed E-state index contributed by atoms with van der Waals surface area (Å²) in [6, 6.07) is 5.40. The Hall–Kier alpha value is -1.63. The number of amides is 1. The van der Waals surface area contributed by atoms with Gasteiger partial charge >= 0.3 is 0 Å². The second-order valence-corrected chi connectivity index (χ2v) is 6.71. The van der Waals surface area contributed by atoms with Crippen molar-refractivity contribution in [1.29, 1.82) is 0 Å². The zero-order valence-corrected chi connectivity index (χ0v) is 15.0. The van der Waals surface area contributed by atoms with E-state index in [-0.39, 0.29) is 19.1 Å². The molecule has 0 aliphatic carbocycles. The van der Waals surface area contributed by atoms with E-state index in [0.29, 0.717) is 12.2 Å². The first kappa shape index (κ1) is 19.7. The number of carbonyl (C=O) groups excluding carboxylic acids is 1. The van der Waals surface area contributed by atoms with E-state index in [1.165, 1.54) is 19.3 Å². The van der Waals surface area contributed by atoms with Crippen LogP contribution in [0, 0.1) is 12.8 Å². The van der Waals surface area contributed by atoms with Gasteiger partial charge in [-0.2, -0.15) is 0 Å². The van der Waals surface area contributed by atoms with Crippen molar-refractivity contribution in [2.45, 2.75) is 38.7 Å². The van der Waals surface area contributed by atoms with Crippen LogP contribution in [0.5, 0.6) is 5.75 Å². The minimum absolute atomic E-state index is 0.0315. The van der Waals surface area contributed by atoms with Gasteiger partial charge in [0.1, 0.15) is 5.75 Å². The lowest BCUT2D eigenvalue weighted by atomic mass is 9.93. The number of hydrogen-bond acceptors (Lipinski definition) is 5. The molecular formula is C19H30N2O4. The molecule has 1 aliphatic heterocycles. The summed E-state index contributed by atoms with van der Waals surface area (Å²) in [5.41, 5.74) is 1.37. The first-order valence-corrected chi connectivity index (χ1v) is 9.11. The number of aryl methyl sites for hydroxylation is 1. The molecule has 140 valence electrons. The van der Waals surface area contributed by atoms with E-state index in [2.05, 4.69) is 10.6 Å². The van der Waals surface area contributed by atoms with Gasteiger partial charge in [-0.15, -0.1) is 0 Å². The molecule has 0 aromatic heterocycles. The smallest absolute Gasteiger partial charge is 0.251 e. The van der Waals surface area contributed by atoms with Crippen molar-refractivity contribution in [2.24, 2.45) is 5.92 Å². The fraction of sp³-hybridized carbons (Fsp3) is 0.632. The number of nitrogens with one attached hydrogen (secondary N) is 2. The molecule has 1 heterocycles. The number of carbonyl (C=O) groups is 1. The molecule has 0 radical (unpaired) electrons. The molecule has 1 atom stereocenters. The lowest BCUT2D eigenvalue weighted by molar-refractivity contribution is 0.0801. The van der Waals surface area contributed by atoms with Crippen LogP contribution in [0.25, 0.3) is 0 Å². The van der Waals surface area contributed by atoms with Crippen LogP contribution in [0.2, 0.25) is 0 Å². The molecule has 2 rings (SSSR count). The molecule has 1 saturated heterocycles. The van der Waals surface area contributed by atoms with Crippen LogP contribution < -0.4 is 15.4 Å². The normalized spacial score (nSPS) is 16.4. The van der Waals surface area contributed by atoms with Gasteiger partial charge in [-0.05, 0) is 75.4 Å². The number of ether oxygens (including phenoxy) is 1. The minimum atomic E-state index is -0.938. The highest BCUT2D eigenvalue weighted by molar-refractivity contribution is 5.95. The van der Waals surface area contributed by atoms with Crippen LogP contribution in [-0.4, -0.2) is 55.1 Å². The lowest BCUT2D eigenvalue weighted by Gasteiger charge is -2.22. The summed E-state index contributed by atoms with van der Waals surface area (Å²) < 4.78 is 5.81. The fourth-order valence-electron chi connectivity index (χ4n) is 3.08. The standard InChI is InChI=1S/C19H30N2O4/c1-14-11-17(25-10-2-3-15-6-8-20-9-7-15)4-5-18(14)19(24)21-12-16(23)13-22/h4-5,11,15-16,20,22-23H,2-3,6-10,12-13H2,1H3,(H,21,24)/t16-/m1/s1. The van der Waals surface area contributed by atoms with Gasteiger partial charge in [0.05, 0.1) is 19.3 Å². The highest BCUT2D eigenvalue weighted by atomic mass is 16.5. The Morgan fingerprint density at radius 3 is 2.84 bits per heavy atom. The summed E-state index contributed by atoms with van der Waals surface area (Å²) in [5.74, 6) is 1.32. The molecule has 6 heteroatoms. The molecule has 1 fully saturated rings. The van der Waals surface area contributed by atoms with E-state index in [9.17, 15) is 9.90 Å². The van der Waals surface area contributed by atoms with Gasteiger partial charge in [-0.1, -0.05) is 0 Å². The highest BCUT2D eigenvalue weighted by Gasteiger charge is 2.13. The summed E-state index contributed by atoms with van der Waals surface area (Å²) >= 11 is 0. The number of aliphatic hydroxyl groups is 2. The predicted octanol–water partition coefficient (Wildman–Crippen LogP) is 1.24. The van der Waals surface area contributed by atoms with Crippen LogP contribution in [0.1, 0.15) is 41.6 Å². The summed E-state index contributed by atoms with van der Waals surface area (Å²) in [6.07, 6.45) is 3.83. The van der Waals surface area contributed by atoms with Crippen LogP contribution in [-0.2, 0) is 0 Å². The number of benzene rings is 1. The van der Waals surface area contributed by atoms with E-state index in [4.69, 9.17) is 9.84 Å². The van der Waals surface area contributed by atoms with Crippen molar-refractivity contribution in [3.05, 3.63) is 29.3 Å². The minimum Gasteiger partial charge on any atom is -0.494 e. The molecule has 0 saturated carbocycles. The van der Waals surface area contributed by atoms with Crippen molar-refractivity contribution < 1.29 is 19.7 Å². The molecule has 1 aromatic rings. The first-order valence-electron chi connectivity index (χ1n) is 9.11. The molecule has 0 unspecified atom stereocenters. The largest absolute Gasteiger partial charge is 0.494 e. The van der Waals surface area contributed by atoms with Gasteiger partial charge in [0, 0.05) is 12.1 Å². The third kappa shape index (κ3) is 6.65. The molecule has 0 bridgehead atoms. The Morgan fingerprint density at radius 2 is 2.16 bits per heavy atom. The van der Waals surface area contributed by atoms with Crippen molar-refractivity contribution in [1.82, 2.24) is 10.6 Å². The SMILES string of the molecule is Cc1cc(OCCCC2CCNCC2)ccc1C(=O)NC[C@@H](O)CO. The van der Waals surface area contributed by atoms with Crippen LogP contribution in [0.15, 0.2) is 18.2 Å². The van der Waals surface area contributed by atoms with Gasteiger partial charge in [0.15, 0.2) is 0 Å². The van der Waals surface area contributed by atoms with E-state index < -0.39 is 6.10 Å². The molecule has 4 N–H and O–H groups in total. The van der Waals surface area contributed by atoms with E-state index in [1.54, 1.807) is 12.1 Å². The average molecular weight is 350 g/mol.